The van der Waals surface area contributed by atoms with Crippen molar-refractivity contribution in [2.24, 2.45) is 0 Å². The van der Waals surface area contributed by atoms with Gasteiger partial charge in [0.2, 0.25) is 0 Å². The first-order valence-corrected chi connectivity index (χ1v) is 11.1. The number of hydrogen-bond donors (Lipinski definition) is 1. The Morgan fingerprint density at radius 2 is 1.94 bits per heavy atom. The van der Waals surface area contributed by atoms with Crippen LogP contribution in [0, 0.1) is 0 Å². The summed E-state index contributed by atoms with van der Waals surface area (Å²) in [6, 6.07) is 16.8. The maximum absolute atomic E-state index is 13.0. The largest absolute Gasteiger partial charge is 0.467 e. The molecule has 0 radical (unpaired) electrons. The maximum Gasteiger partial charge on any atom is 0.255 e. The zero-order valence-electron chi connectivity index (χ0n) is 17.8. The topological polar surface area (TPSA) is 61.6 Å². The second-order valence-corrected chi connectivity index (χ2v) is 8.49. The Balaban J connectivity index is 1.22. The summed E-state index contributed by atoms with van der Waals surface area (Å²) in [5, 5.41) is 3.22. The fraction of sp³-hybridized carbons (Fsp3) is 0.360. The number of piperidine rings is 1. The summed E-state index contributed by atoms with van der Waals surface area (Å²) >= 11 is 0. The number of amides is 1. The van der Waals surface area contributed by atoms with Gasteiger partial charge in [0.15, 0.2) is 0 Å². The molecule has 2 aliphatic heterocycles. The maximum atomic E-state index is 13.0. The summed E-state index contributed by atoms with van der Waals surface area (Å²) in [5.74, 6) is 1.69. The van der Waals surface area contributed by atoms with Crippen LogP contribution in [-0.2, 0) is 13.0 Å². The highest BCUT2D eigenvalue weighted by molar-refractivity contribution is 5.95. The Labute approximate surface area is 182 Å². The molecule has 1 saturated heterocycles. The molecule has 3 aromatic rings. The van der Waals surface area contributed by atoms with Gasteiger partial charge in [0.05, 0.1) is 18.4 Å². The molecule has 0 saturated carbocycles. The van der Waals surface area contributed by atoms with Gasteiger partial charge in [-0.25, -0.2) is 4.98 Å². The Morgan fingerprint density at radius 3 is 2.74 bits per heavy atom. The smallest absolute Gasteiger partial charge is 0.255 e. The fourth-order valence-corrected chi connectivity index (χ4v) is 4.75. The molecule has 2 aromatic heterocycles. The second-order valence-electron chi connectivity index (χ2n) is 8.49. The number of fused-ring (bicyclic) bond motifs is 1. The van der Waals surface area contributed by atoms with Crippen molar-refractivity contribution in [1.29, 1.82) is 0 Å². The van der Waals surface area contributed by atoms with Crippen LogP contribution in [-0.4, -0.2) is 36.1 Å². The Kier molecular flexibility index (Phi) is 5.37. The predicted octanol–water partition coefficient (Wildman–Crippen LogP) is 4.02. The lowest BCUT2D eigenvalue weighted by atomic mass is 10.0. The number of rotatable bonds is 5. The normalized spacial score (nSPS) is 18.8. The zero-order chi connectivity index (χ0) is 21.2. The third-order valence-corrected chi connectivity index (χ3v) is 6.46. The number of nitrogens with one attached hydrogen (secondary N) is 1. The minimum Gasteiger partial charge on any atom is -0.467 e. The van der Waals surface area contributed by atoms with Gasteiger partial charge in [0.1, 0.15) is 11.6 Å². The highest BCUT2D eigenvalue weighted by Gasteiger charge is 2.29. The van der Waals surface area contributed by atoms with Crippen molar-refractivity contribution in [3.05, 3.63) is 77.9 Å². The Morgan fingerprint density at radius 1 is 1.13 bits per heavy atom. The molecule has 6 nitrogen and oxygen atoms in total. The first-order chi connectivity index (χ1) is 15.2. The van der Waals surface area contributed by atoms with E-state index < -0.39 is 0 Å². The number of carbonyl (C=O) groups is 1. The van der Waals surface area contributed by atoms with Gasteiger partial charge in [0, 0.05) is 37.1 Å². The SMILES string of the molecule is CC1Cc2ccccc2N1Cc1occc1C(=O)NC1CCN(c2ccccn2)CC1. The molecule has 5 rings (SSSR count). The van der Waals surface area contributed by atoms with Crippen LogP contribution in [0.5, 0.6) is 0 Å². The number of para-hydroxylation sites is 1. The third-order valence-electron chi connectivity index (χ3n) is 6.46. The summed E-state index contributed by atoms with van der Waals surface area (Å²) in [6.45, 7) is 4.61. The molecule has 0 spiro atoms. The first-order valence-electron chi connectivity index (χ1n) is 11.1. The second kappa shape index (κ2) is 8.46. The van der Waals surface area contributed by atoms with Crippen molar-refractivity contribution in [1.82, 2.24) is 10.3 Å². The van der Waals surface area contributed by atoms with E-state index in [4.69, 9.17) is 4.42 Å². The van der Waals surface area contributed by atoms with Crippen LogP contribution in [0.4, 0.5) is 11.5 Å². The number of carbonyl (C=O) groups excluding carboxylic acids is 1. The quantitative estimate of drug-likeness (QED) is 0.681. The lowest BCUT2D eigenvalue weighted by Crippen LogP contribution is -2.45. The molecular weight excluding hydrogens is 388 g/mol. The summed E-state index contributed by atoms with van der Waals surface area (Å²) in [6.07, 6.45) is 6.29. The van der Waals surface area contributed by atoms with E-state index in [2.05, 4.69) is 51.3 Å². The van der Waals surface area contributed by atoms with Crippen molar-refractivity contribution in [2.45, 2.75) is 44.8 Å². The minimum atomic E-state index is -0.0415. The van der Waals surface area contributed by atoms with E-state index in [0.29, 0.717) is 18.2 Å². The lowest BCUT2D eigenvalue weighted by Gasteiger charge is -2.33. The number of aromatic nitrogens is 1. The summed E-state index contributed by atoms with van der Waals surface area (Å²) in [7, 11) is 0. The van der Waals surface area contributed by atoms with E-state index in [1.54, 1.807) is 12.3 Å². The monoisotopic (exact) mass is 416 g/mol. The van der Waals surface area contributed by atoms with Crippen LogP contribution in [0.2, 0.25) is 0 Å². The average Bonchev–Trinajstić information content (AvgIpc) is 3.39. The summed E-state index contributed by atoms with van der Waals surface area (Å²) in [4.78, 5) is 22.1. The van der Waals surface area contributed by atoms with Gasteiger partial charge in [-0.1, -0.05) is 24.3 Å². The molecule has 0 aliphatic carbocycles. The van der Waals surface area contributed by atoms with Gasteiger partial charge in [-0.3, -0.25) is 4.79 Å². The Bertz CT molecular complexity index is 1040. The third kappa shape index (κ3) is 4.02. The molecular formula is C25H28N4O2. The first kappa shape index (κ1) is 19.7. The molecule has 2 aliphatic rings. The molecule has 1 unspecified atom stereocenters. The van der Waals surface area contributed by atoms with E-state index >= 15 is 0 Å². The number of furan rings is 1. The van der Waals surface area contributed by atoms with E-state index in [-0.39, 0.29) is 11.9 Å². The molecule has 1 N–H and O–H groups in total. The molecule has 4 heterocycles. The standard InChI is InChI=1S/C25H28N4O2/c1-18-16-19-6-2-3-7-22(19)29(18)17-23-21(11-15-31-23)25(30)27-20-9-13-28(14-10-20)24-8-4-5-12-26-24/h2-8,11-12,15,18,20H,9-10,13-14,16-17H2,1H3,(H,27,30). The number of benzene rings is 1. The molecule has 1 aromatic carbocycles. The lowest BCUT2D eigenvalue weighted by molar-refractivity contribution is 0.0929. The van der Waals surface area contributed by atoms with Crippen molar-refractivity contribution in [3.8, 4) is 0 Å². The fourth-order valence-electron chi connectivity index (χ4n) is 4.75. The molecule has 6 heteroatoms. The van der Waals surface area contributed by atoms with Gasteiger partial charge >= 0.3 is 0 Å². The molecule has 1 atom stereocenters. The zero-order valence-corrected chi connectivity index (χ0v) is 17.8. The van der Waals surface area contributed by atoms with Crippen LogP contribution >= 0.6 is 0 Å². The summed E-state index contributed by atoms with van der Waals surface area (Å²) < 4.78 is 5.76. The predicted molar refractivity (Wildman–Crippen MR) is 121 cm³/mol. The van der Waals surface area contributed by atoms with Crippen molar-refractivity contribution in [2.75, 3.05) is 22.9 Å². The van der Waals surface area contributed by atoms with Gasteiger partial charge in [0.25, 0.3) is 5.91 Å². The van der Waals surface area contributed by atoms with Crippen LogP contribution < -0.4 is 15.1 Å². The number of anilines is 2. The van der Waals surface area contributed by atoms with E-state index in [1.165, 1.54) is 11.3 Å². The van der Waals surface area contributed by atoms with Crippen LogP contribution in [0.15, 0.2) is 65.4 Å². The van der Waals surface area contributed by atoms with Gasteiger partial charge in [-0.2, -0.15) is 0 Å². The molecule has 31 heavy (non-hydrogen) atoms. The Hall–Kier alpha value is -3.28. The highest BCUT2D eigenvalue weighted by atomic mass is 16.3. The molecule has 1 fully saturated rings. The summed E-state index contributed by atoms with van der Waals surface area (Å²) in [5.41, 5.74) is 3.23. The van der Waals surface area contributed by atoms with Gasteiger partial charge in [-0.05, 0) is 56.0 Å². The molecule has 1 amide bonds. The molecule has 160 valence electrons. The minimum absolute atomic E-state index is 0.0415. The highest BCUT2D eigenvalue weighted by Crippen LogP contribution is 2.33. The van der Waals surface area contributed by atoms with E-state index in [0.717, 1.165) is 43.9 Å². The van der Waals surface area contributed by atoms with Crippen molar-refractivity contribution >= 4 is 17.4 Å². The van der Waals surface area contributed by atoms with Crippen LogP contribution in [0.3, 0.4) is 0 Å². The van der Waals surface area contributed by atoms with Crippen LogP contribution in [0.25, 0.3) is 0 Å². The average molecular weight is 417 g/mol. The van der Waals surface area contributed by atoms with Gasteiger partial charge < -0.3 is 19.5 Å². The number of hydrogen-bond acceptors (Lipinski definition) is 5. The number of pyridine rings is 1. The van der Waals surface area contributed by atoms with E-state index in [9.17, 15) is 4.79 Å². The van der Waals surface area contributed by atoms with Crippen LogP contribution in [0.1, 0.15) is 41.4 Å². The van der Waals surface area contributed by atoms with Crippen molar-refractivity contribution in [3.63, 3.8) is 0 Å². The number of nitrogens with zero attached hydrogens (tertiary/aromatic N) is 3. The van der Waals surface area contributed by atoms with Crippen molar-refractivity contribution < 1.29 is 9.21 Å². The molecule has 0 bridgehead atoms. The van der Waals surface area contributed by atoms with E-state index in [1.807, 2.05) is 24.4 Å². The van der Waals surface area contributed by atoms with Gasteiger partial charge in [-0.15, -0.1) is 0 Å².